The molecule has 5 heteroatoms. The zero-order valence-electron chi connectivity index (χ0n) is 9.63. The molecule has 0 spiro atoms. The molecular formula is C12H15NO4. The predicted molar refractivity (Wildman–Crippen MR) is 56.8 cm³/mol. The molecule has 2 aliphatic carbocycles. The number of carboxylic acids is 1. The van der Waals surface area contributed by atoms with Crippen LogP contribution in [-0.4, -0.2) is 33.8 Å². The third kappa shape index (κ3) is 1.22. The van der Waals surface area contributed by atoms with E-state index in [-0.39, 0.29) is 23.7 Å². The maximum atomic E-state index is 12.2. The summed E-state index contributed by atoms with van der Waals surface area (Å²) in [5.74, 6) is -1.42. The smallest absolute Gasteiger partial charge is 0.326 e. The van der Waals surface area contributed by atoms with Gasteiger partial charge >= 0.3 is 5.97 Å². The molecule has 1 aliphatic heterocycles. The molecule has 1 unspecified atom stereocenters. The lowest BCUT2D eigenvalue weighted by Crippen LogP contribution is -2.44. The highest BCUT2D eigenvalue weighted by molar-refractivity contribution is 6.08. The highest BCUT2D eigenvalue weighted by Crippen LogP contribution is 2.56. The first-order valence-electron chi connectivity index (χ1n) is 6.12. The zero-order chi connectivity index (χ0) is 12.3. The van der Waals surface area contributed by atoms with Gasteiger partial charge in [-0.1, -0.05) is 0 Å². The van der Waals surface area contributed by atoms with Gasteiger partial charge in [0.2, 0.25) is 11.8 Å². The van der Waals surface area contributed by atoms with Crippen molar-refractivity contribution in [2.24, 2.45) is 23.7 Å². The molecular weight excluding hydrogens is 222 g/mol. The van der Waals surface area contributed by atoms with Gasteiger partial charge in [0.1, 0.15) is 6.04 Å². The van der Waals surface area contributed by atoms with E-state index in [1.165, 1.54) is 6.92 Å². The lowest BCUT2D eigenvalue weighted by atomic mass is 9.81. The number of carbonyl (C=O) groups is 3. The van der Waals surface area contributed by atoms with Crippen LogP contribution in [0.4, 0.5) is 0 Å². The number of carboxylic acid groups (broad SMARTS) is 1. The monoisotopic (exact) mass is 237 g/mol. The van der Waals surface area contributed by atoms with Crippen molar-refractivity contribution in [1.82, 2.24) is 4.90 Å². The molecule has 17 heavy (non-hydrogen) atoms. The summed E-state index contributed by atoms with van der Waals surface area (Å²) < 4.78 is 0. The van der Waals surface area contributed by atoms with Gasteiger partial charge in [0.15, 0.2) is 0 Å². The molecule has 3 aliphatic rings. The summed E-state index contributed by atoms with van der Waals surface area (Å²) in [7, 11) is 0. The van der Waals surface area contributed by atoms with Gasteiger partial charge in [-0.05, 0) is 38.0 Å². The van der Waals surface area contributed by atoms with Crippen molar-refractivity contribution in [3.05, 3.63) is 0 Å². The van der Waals surface area contributed by atoms with Gasteiger partial charge in [-0.15, -0.1) is 0 Å². The van der Waals surface area contributed by atoms with Crippen LogP contribution in [0.25, 0.3) is 0 Å². The normalized spacial score (nSPS) is 40.9. The maximum absolute atomic E-state index is 12.2. The summed E-state index contributed by atoms with van der Waals surface area (Å²) in [6, 6.07) is -1.03. The number of hydrogen-bond acceptors (Lipinski definition) is 3. The molecule has 2 amide bonds. The molecule has 92 valence electrons. The van der Waals surface area contributed by atoms with Crippen molar-refractivity contribution in [2.75, 3.05) is 0 Å². The Morgan fingerprint density at radius 1 is 1.24 bits per heavy atom. The summed E-state index contributed by atoms with van der Waals surface area (Å²) in [6.07, 6.45) is 3.00. The molecule has 3 fully saturated rings. The Hall–Kier alpha value is -1.39. The van der Waals surface area contributed by atoms with E-state index in [4.69, 9.17) is 5.11 Å². The third-order valence-electron chi connectivity index (χ3n) is 4.71. The van der Waals surface area contributed by atoms with Gasteiger partial charge in [0.25, 0.3) is 0 Å². The molecule has 0 aromatic rings. The molecule has 5 atom stereocenters. The number of likely N-dealkylation sites (tertiary alicyclic amines) is 1. The van der Waals surface area contributed by atoms with E-state index < -0.39 is 12.0 Å². The van der Waals surface area contributed by atoms with Crippen LogP contribution >= 0.6 is 0 Å². The van der Waals surface area contributed by atoms with Gasteiger partial charge in [0.05, 0.1) is 11.8 Å². The number of rotatable bonds is 2. The van der Waals surface area contributed by atoms with Crippen LogP contribution in [0, 0.1) is 23.7 Å². The molecule has 0 aromatic carbocycles. The molecule has 1 heterocycles. The average molecular weight is 237 g/mol. The fourth-order valence-electron chi connectivity index (χ4n) is 3.92. The van der Waals surface area contributed by atoms with Crippen molar-refractivity contribution in [1.29, 1.82) is 0 Å². The molecule has 2 saturated carbocycles. The van der Waals surface area contributed by atoms with Crippen molar-refractivity contribution >= 4 is 17.8 Å². The zero-order valence-corrected chi connectivity index (χ0v) is 9.63. The molecule has 1 N–H and O–H groups in total. The van der Waals surface area contributed by atoms with Crippen LogP contribution < -0.4 is 0 Å². The lowest BCUT2D eigenvalue weighted by Gasteiger charge is -2.20. The first-order chi connectivity index (χ1) is 8.02. The highest BCUT2D eigenvalue weighted by atomic mass is 16.4. The Bertz CT molecular complexity index is 391. The second-order valence-corrected chi connectivity index (χ2v) is 5.45. The molecule has 1 saturated heterocycles. The first-order valence-corrected chi connectivity index (χ1v) is 6.12. The van der Waals surface area contributed by atoms with E-state index >= 15 is 0 Å². The predicted octanol–water partition coefficient (Wildman–Crippen LogP) is 0.491. The van der Waals surface area contributed by atoms with Crippen LogP contribution in [0.2, 0.25) is 0 Å². The lowest BCUT2D eigenvalue weighted by molar-refractivity contribution is -0.154. The minimum Gasteiger partial charge on any atom is -0.480 e. The minimum atomic E-state index is -1.11. The number of amides is 2. The van der Waals surface area contributed by atoms with E-state index in [1.807, 2.05) is 0 Å². The standard InChI is InChI=1S/C12H15NO4/c1-5(12(16)17)13-10(14)8-6-2-3-7(4-6)9(8)11(13)15/h5-9H,2-4H2,1H3,(H,16,17)/t5?,6-,7+,8+,9-. The second kappa shape index (κ2) is 3.31. The Morgan fingerprint density at radius 3 is 2.12 bits per heavy atom. The van der Waals surface area contributed by atoms with Crippen molar-refractivity contribution in [2.45, 2.75) is 32.2 Å². The molecule has 0 radical (unpaired) electrons. The molecule has 3 rings (SSSR count). The minimum absolute atomic E-state index is 0.219. The van der Waals surface area contributed by atoms with Gasteiger partial charge in [0, 0.05) is 0 Å². The second-order valence-electron chi connectivity index (χ2n) is 5.45. The quantitative estimate of drug-likeness (QED) is 0.709. The van der Waals surface area contributed by atoms with Crippen molar-refractivity contribution < 1.29 is 19.5 Å². The summed E-state index contributed by atoms with van der Waals surface area (Å²) in [6.45, 7) is 1.40. The number of aliphatic carboxylic acids is 1. The van der Waals surface area contributed by atoms with E-state index in [1.54, 1.807) is 0 Å². The molecule has 0 aromatic heterocycles. The summed E-state index contributed by atoms with van der Waals surface area (Å²) in [5.41, 5.74) is 0. The fraction of sp³-hybridized carbons (Fsp3) is 0.750. The van der Waals surface area contributed by atoms with Crippen LogP contribution in [0.3, 0.4) is 0 Å². The number of imide groups is 1. The summed E-state index contributed by atoms with van der Waals surface area (Å²) >= 11 is 0. The molecule has 2 bridgehead atoms. The topological polar surface area (TPSA) is 74.7 Å². The summed E-state index contributed by atoms with van der Waals surface area (Å²) in [5, 5.41) is 8.94. The van der Waals surface area contributed by atoms with Gasteiger partial charge in [-0.25, -0.2) is 4.79 Å². The Kier molecular flexibility index (Phi) is 2.09. The van der Waals surface area contributed by atoms with Gasteiger partial charge < -0.3 is 5.11 Å². The Morgan fingerprint density at radius 2 is 1.71 bits per heavy atom. The number of fused-ring (bicyclic) bond motifs is 5. The Balaban J connectivity index is 1.93. The van der Waals surface area contributed by atoms with Crippen LogP contribution in [0.5, 0.6) is 0 Å². The van der Waals surface area contributed by atoms with E-state index in [0.29, 0.717) is 11.8 Å². The highest BCUT2D eigenvalue weighted by Gasteiger charge is 2.62. The number of hydrogen-bond donors (Lipinski definition) is 1. The summed E-state index contributed by atoms with van der Waals surface area (Å²) in [4.78, 5) is 36.3. The average Bonchev–Trinajstić information content (AvgIpc) is 2.92. The number of nitrogens with zero attached hydrogens (tertiary/aromatic N) is 1. The maximum Gasteiger partial charge on any atom is 0.326 e. The van der Waals surface area contributed by atoms with Crippen molar-refractivity contribution in [3.8, 4) is 0 Å². The molecule has 5 nitrogen and oxygen atoms in total. The van der Waals surface area contributed by atoms with Gasteiger partial charge in [-0.2, -0.15) is 0 Å². The fourth-order valence-corrected chi connectivity index (χ4v) is 3.92. The van der Waals surface area contributed by atoms with Crippen LogP contribution in [0.15, 0.2) is 0 Å². The Labute approximate surface area is 98.8 Å². The number of carbonyl (C=O) groups excluding carboxylic acids is 2. The van der Waals surface area contributed by atoms with Crippen LogP contribution in [-0.2, 0) is 14.4 Å². The van der Waals surface area contributed by atoms with Gasteiger partial charge in [-0.3, -0.25) is 14.5 Å². The third-order valence-corrected chi connectivity index (χ3v) is 4.71. The largest absolute Gasteiger partial charge is 0.480 e. The first kappa shape index (κ1) is 10.7. The van der Waals surface area contributed by atoms with Crippen molar-refractivity contribution in [3.63, 3.8) is 0 Å². The van der Waals surface area contributed by atoms with E-state index in [2.05, 4.69) is 0 Å². The SMILES string of the molecule is CC(C(=O)O)N1C(=O)[C@@H]2[C@H]3CC[C@H](C3)[C@@H]2C1=O. The van der Waals surface area contributed by atoms with E-state index in [9.17, 15) is 14.4 Å². The van der Waals surface area contributed by atoms with Crippen LogP contribution in [0.1, 0.15) is 26.2 Å². The van der Waals surface area contributed by atoms with E-state index in [0.717, 1.165) is 24.2 Å².